The summed E-state index contributed by atoms with van der Waals surface area (Å²) in [5, 5.41) is 4.01. The lowest BCUT2D eigenvalue weighted by atomic mass is 9.97. The van der Waals surface area contributed by atoms with Crippen molar-refractivity contribution >= 4 is 5.91 Å². The molecular weight excluding hydrogens is 347 g/mol. The number of pyridine rings is 1. The van der Waals surface area contributed by atoms with Gasteiger partial charge in [0.15, 0.2) is 0 Å². The van der Waals surface area contributed by atoms with Crippen LogP contribution in [0.3, 0.4) is 0 Å². The predicted molar refractivity (Wildman–Crippen MR) is 96.5 cm³/mol. The van der Waals surface area contributed by atoms with Gasteiger partial charge in [-0.25, -0.2) is 4.39 Å². The number of halogens is 1. The normalized spacial score (nSPS) is 17.1. The molecule has 138 valence electrons. The van der Waals surface area contributed by atoms with Crippen molar-refractivity contribution in [1.29, 1.82) is 0 Å². The maximum atomic E-state index is 13.1. The maximum absolute atomic E-state index is 13.1. The van der Waals surface area contributed by atoms with E-state index in [9.17, 15) is 9.18 Å². The number of benzene rings is 1. The second kappa shape index (κ2) is 7.26. The van der Waals surface area contributed by atoms with E-state index in [0.717, 1.165) is 18.5 Å². The Morgan fingerprint density at radius 2 is 2.07 bits per heavy atom. The van der Waals surface area contributed by atoms with Crippen molar-refractivity contribution in [2.24, 2.45) is 0 Å². The second-order valence-corrected chi connectivity index (χ2v) is 6.69. The molecule has 7 heteroatoms. The molecule has 0 saturated carbocycles. The van der Waals surface area contributed by atoms with Gasteiger partial charge in [-0.05, 0) is 56.2 Å². The highest BCUT2D eigenvalue weighted by Crippen LogP contribution is 2.28. The molecular formula is C20H19FN4O2. The number of likely N-dealkylation sites (tertiary alicyclic amines) is 1. The van der Waals surface area contributed by atoms with Gasteiger partial charge in [0.2, 0.25) is 11.7 Å². The average molecular weight is 366 g/mol. The molecule has 4 rings (SSSR count). The van der Waals surface area contributed by atoms with E-state index in [2.05, 4.69) is 15.1 Å². The summed E-state index contributed by atoms with van der Waals surface area (Å²) >= 11 is 0. The third-order valence-corrected chi connectivity index (χ3v) is 4.84. The summed E-state index contributed by atoms with van der Waals surface area (Å²) < 4.78 is 18.5. The van der Waals surface area contributed by atoms with Gasteiger partial charge < -0.3 is 9.42 Å². The Labute approximate surface area is 156 Å². The Hall–Kier alpha value is -3.09. The highest BCUT2D eigenvalue weighted by atomic mass is 19.1. The molecule has 1 aliphatic heterocycles. The van der Waals surface area contributed by atoms with Crippen LogP contribution in [0.15, 0.2) is 47.1 Å². The Morgan fingerprint density at radius 3 is 2.85 bits per heavy atom. The molecule has 1 unspecified atom stereocenters. The first-order valence-corrected chi connectivity index (χ1v) is 8.92. The molecule has 0 N–H and O–H groups in total. The van der Waals surface area contributed by atoms with Crippen LogP contribution in [0.2, 0.25) is 0 Å². The van der Waals surface area contributed by atoms with Crippen molar-refractivity contribution in [1.82, 2.24) is 20.0 Å². The van der Waals surface area contributed by atoms with E-state index < -0.39 is 0 Å². The summed E-state index contributed by atoms with van der Waals surface area (Å²) in [6, 6.07) is 9.53. The molecule has 2 aromatic heterocycles. The van der Waals surface area contributed by atoms with Crippen LogP contribution in [0, 0.1) is 12.7 Å². The molecule has 1 atom stereocenters. The minimum atomic E-state index is -0.311. The minimum absolute atomic E-state index is 0.0126. The third kappa shape index (κ3) is 3.58. The zero-order valence-electron chi connectivity index (χ0n) is 14.9. The van der Waals surface area contributed by atoms with E-state index in [0.29, 0.717) is 35.9 Å². The first-order valence-electron chi connectivity index (χ1n) is 8.92. The lowest BCUT2D eigenvalue weighted by Crippen LogP contribution is -2.39. The number of hydrogen-bond donors (Lipinski definition) is 0. The van der Waals surface area contributed by atoms with Crippen LogP contribution in [-0.2, 0) is 0 Å². The van der Waals surface area contributed by atoms with Crippen LogP contribution in [-0.4, -0.2) is 39.0 Å². The number of carbonyl (C=O) groups excluding carboxylic acids is 1. The minimum Gasteiger partial charge on any atom is -0.339 e. The first kappa shape index (κ1) is 17.3. The third-order valence-electron chi connectivity index (χ3n) is 4.84. The van der Waals surface area contributed by atoms with Crippen molar-refractivity contribution in [3.8, 4) is 11.4 Å². The summed E-state index contributed by atoms with van der Waals surface area (Å²) in [4.78, 5) is 23.3. The van der Waals surface area contributed by atoms with E-state index in [1.54, 1.807) is 30.5 Å². The van der Waals surface area contributed by atoms with Gasteiger partial charge in [-0.15, -0.1) is 0 Å². The van der Waals surface area contributed by atoms with E-state index in [1.807, 2.05) is 11.8 Å². The zero-order chi connectivity index (χ0) is 18.8. The summed E-state index contributed by atoms with van der Waals surface area (Å²) in [7, 11) is 0. The smallest absolute Gasteiger partial charge is 0.255 e. The van der Waals surface area contributed by atoms with Gasteiger partial charge in [0.05, 0.1) is 11.5 Å². The summed E-state index contributed by atoms with van der Waals surface area (Å²) in [6.07, 6.45) is 3.42. The van der Waals surface area contributed by atoms with Crippen LogP contribution in [0.4, 0.5) is 4.39 Å². The van der Waals surface area contributed by atoms with E-state index in [4.69, 9.17) is 4.52 Å². The summed E-state index contributed by atoms with van der Waals surface area (Å²) in [6.45, 7) is 3.06. The molecule has 1 aromatic carbocycles. The zero-order valence-corrected chi connectivity index (χ0v) is 14.9. The fraction of sp³-hybridized carbons (Fsp3) is 0.300. The number of rotatable bonds is 3. The predicted octanol–water partition coefficient (Wildman–Crippen LogP) is 3.60. The molecule has 1 fully saturated rings. The van der Waals surface area contributed by atoms with Gasteiger partial charge in [-0.1, -0.05) is 5.16 Å². The highest BCUT2D eigenvalue weighted by Gasteiger charge is 2.29. The van der Waals surface area contributed by atoms with Crippen molar-refractivity contribution < 1.29 is 13.7 Å². The lowest BCUT2D eigenvalue weighted by molar-refractivity contribution is 0.0694. The molecule has 1 aliphatic rings. The van der Waals surface area contributed by atoms with Crippen molar-refractivity contribution in [2.75, 3.05) is 13.1 Å². The topological polar surface area (TPSA) is 72.1 Å². The number of nitrogens with zero attached hydrogens (tertiary/aromatic N) is 4. The number of piperidine rings is 1. The van der Waals surface area contributed by atoms with Gasteiger partial charge in [0.25, 0.3) is 5.91 Å². The van der Waals surface area contributed by atoms with Crippen LogP contribution in [0.1, 0.15) is 40.7 Å². The highest BCUT2D eigenvalue weighted by molar-refractivity contribution is 5.95. The Balaban J connectivity index is 1.51. The van der Waals surface area contributed by atoms with Gasteiger partial charge >= 0.3 is 0 Å². The van der Waals surface area contributed by atoms with Crippen LogP contribution in [0.25, 0.3) is 11.4 Å². The summed E-state index contributed by atoms with van der Waals surface area (Å²) in [5.41, 5.74) is 2.04. The molecule has 1 amide bonds. The Bertz CT molecular complexity index is 955. The number of aromatic nitrogens is 3. The van der Waals surface area contributed by atoms with Crippen molar-refractivity contribution in [2.45, 2.75) is 25.7 Å². The summed E-state index contributed by atoms with van der Waals surface area (Å²) in [5.74, 6) is 0.589. The number of amides is 1. The van der Waals surface area contributed by atoms with Crippen molar-refractivity contribution in [3.05, 3.63) is 65.6 Å². The van der Waals surface area contributed by atoms with Crippen molar-refractivity contribution in [3.63, 3.8) is 0 Å². The van der Waals surface area contributed by atoms with Gasteiger partial charge in [-0.2, -0.15) is 4.98 Å². The van der Waals surface area contributed by atoms with E-state index in [1.165, 1.54) is 12.1 Å². The second-order valence-electron chi connectivity index (χ2n) is 6.69. The Morgan fingerprint density at radius 1 is 1.26 bits per heavy atom. The number of aryl methyl sites for hydroxylation is 1. The monoisotopic (exact) mass is 366 g/mol. The molecule has 6 nitrogen and oxygen atoms in total. The fourth-order valence-electron chi connectivity index (χ4n) is 3.36. The van der Waals surface area contributed by atoms with Crippen LogP contribution >= 0.6 is 0 Å². The SMILES string of the molecule is Cc1ncccc1C(=O)N1CCCC(c2nc(-c3ccc(F)cc3)no2)C1. The molecule has 0 aliphatic carbocycles. The maximum Gasteiger partial charge on any atom is 0.255 e. The lowest BCUT2D eigenvalue weighted by Gasteiger charge is -2.31. The first-order chi connectivity index (χ1) is 13.1. The number of carbonyl (C=O) groups is 1. The van der Waals surface area contributed by atoms with E-state index >= 15 is 0 Å². The van der Waals surface area contributed by atoms with E-state index in [-0.39, 0.29) is 17.6 Å². The molecule has 0 radical (unpaired) electrons. The quantitative estimate of drug-likeness (QED) is 0.708. The Kier molecular flexibility index (Phi) is 4.66. The largest absolute Gasteiger partial charge is 0.339 e. The number of hydrogen-bond acceptors (Lipinski definition) is 5. The molecule has 3 heterocycles. The molecule has 0 spiro atoms. The van der Waals surface area contributed by atoms with Gasteiger partial charge in [-0.3, -0.25) is 9.78 Å². The van der Waals surface area contributed by atoms with Gasteiger partial charge in [0.1, 0.15) is 5.82 Å². The fourth-order valence-corrected chi connectivity index (χ4v) is 3.36. The molecule has 0 bridgehead atoms. The van der Waals surface area contributed by atoms with Crippen LogP contribution in [0.5, 0.6) is 0 Å². The standard InChI is InChI=1S/C20H19FN4O2/c1-13-17(5-2-10-22-13)20(26)25-11-3-4-15(12-25)19-23-18(24-27-19)14-6-8-16(21)9-7-14/h2,5-10,15H,3-4,11-12H2,1H3. The molecule has 3 aromatic rings. The molecule has 27 heavy (non-hydrogen) atoms. The van der Waals surface area contributed by atoms with Crippen LogP contribution < -0.4 is 0 Å². The average Bonchev–Trinajstić information content (AvgIpc) is 3.19. The molecule has 1 saturated heterocycles. The van der Waals surface area contributed by atoms with Gasteiger partial charge in [0, 0.05) is 30.5 Å².